The van der Waals surface area contributed by atoms with Gasteiger partial charge in [0.25, 0.3) is 0 Å². The second-order valence-corrected chi connectivity index (χ2v) is 6.86. The number of hydrogen-bond donors (Lipinski definition) is 2. The Labute approximate surface area is 171 Å². The fourth-order valence-corrected chi connectivity index (χ4v) is 3.24. The minimum Gasteiger partial charge on any atom is -0.505 e. The molecule has 7 nitrogen and oxygen atoms in total. The van der Waals surface area contributed by atoms with Crippen LogP contribution in [-0.2, 0) is 27.3 Å². The quantitative estimate of drug-likeness (QED) is 0.520. The van der Waals surface area contributed by atoms with Gasteiger partial charge in [-0.25, -0.2) is 0 Å². The average molecular weight is 427 g/mol. The third-order valence-corrected chi connectivity index (χ3v) is 4.61. The van der Waals surface area contributed by atoms with E-state index < -0.39 is 30.5 Å². The van der Waals surface area contributed by atoms with Crippen LogP contribution in [0.4, 0.5) is 18.9 Å². The number of para-hydroxylation sites is 1. The van der Waals surface area contributed by atoms with Gasteiger partial charge in [0.1, 0.15) is 12.3 Å². The van der Waals surface area contributed by atoms with Gasteiger partial charge in [0.2, 0.25) is 5.91 Å². The lowest BCUT2D eigenvalue weighted by Crippen LogP contribution is -2.21. The fraction of sp³-hybridized carbons (Fsp3) is 0.450. The van der Waals surface area contributed by atoms with Crippen LogP contribution in [0.5, 0.6) is 5.75 Å². The molecular weight excluding hydrogens is 403 g/mol. The maximum atomic E-state index is 12.7. The van der Waals surface area contributed by atoms with Crippen LogP contribution in [0.1, 0.15) is 42.3 Å². The number of alkyl halides is 3. The number of carbonyl (C=O) groups excluding carboxylic acids is 2. The smallest absolute Gasteiger partial charge is 0.408 e. The molecule has 1 unspecified atom stereocenters. The molecule has 10 heteroatoms. The maximum Gasteiger partial charge on any atom is 0.408 e. The van der Waals surface area contributed by atoms with E-state index in [4.69, 9.17) is 4.74 Å². The van der Waals surface area contributed by atoms with Crippen molar-refractivity contribution in [3.8, 4) is 5.75 Å². The second-order valence-electron chi connectivity index (χ2n) is 6.86. The highest BCUT2D eigenvalue weighted by Crippen LogP contribution is 2.31. The lowest BCUT2D eigenvalue weighted by Gasteiger charge is -2.15. The number of phenols is 1. The SMILES string of the molecule is CCOC(=O)Cc1cccc(NC(=O)C(C)c2c(C)nn(CC(F)(F)F)c2C)c1O. The molecule has 0 aliphatic heterocycles. The maximum absolute atomic E-state index is 12.7. The summed E-state index contributed by atoms with van der Waals surface area (Å²) in [5.41, 5.74) is 1.32. The van der Waals surface area contributed by atoms with Crippen molar-refractivity contribution >= 4 is 17.6 Å². The third kappa shape index (κ3) is 5.52. The molecule has 0 saturated carbocycles. The van der Waals surface area contributed by atoms with Crippen LogP contribution in [-0.4, -0.2) is 39.5 Å². The predicted molar refractivity (Wildman–Crippen MR) is 103 cm³/mol. The summed E-state index contributed by atoms with van der Waals surface area (Å²) in [4.78, 5) is 24.4. The summed E-state index contributed by atoms with van der Waals surface area (Å²) in [5, 5.41) is 16.9. The molecule has 0 aliphatic rings. The van der Waals surface area contributed by atoms with Crippen LogP contribution in [0.25, 0.3) is 0 Å². The molecule has 1 atom stereocenters. The van der Waals surface area contributed by atoms with Crippen molar-refractivity contribution < 1.29 is 32.6 Å². The number of aromatic nitrogens is 2. The lowest BCUT2D eigenvalue weighted by atomic mass is 9.98. The monoisotopic (exact) mass is 427 g/mol. The molecule has 1 aromatic heterocycles. The normalized spacial score (nSPS) is 12.5. The Morgan fingerprint density at radius 3 is 2.57 bits per heavy atom. The molecule has 0 spiro atoms. The van der Waals surface area contributed by atoms with E-state index in [1.807, 2.05) is 0 Å². The number of aromatic hydroxyl groups is 1. The van der Waals surface area contributed by atoms with E-state index in [1.54, 1.807) is 19.9 Å². The number of esters is 1. The Kier molecular flexibility index (Phi) is 7.12. The molecular formula is C20H24F3N3O4. The minimum atomic E-state index is -4.43. The van der Waals surface area contributed by atoms with Crippen LogP contribution < -0.4 is 5.32 Å². The zero-order valence-corrected chi connectivity index (χ0v) is 17.1. The highest BCUT2D eigenvalue weighted by atomic mass is 19.4. The van der Waals surface area contributed by atoms with Crippen molar-refractivity contribution in [1.29, 1.82) is 0 Å². The average Bonchev–Trinajstić information content (AvgIpc) is 2.89. The number of amides is 1. The van der Waals surface area contributed by atoms with Gasteiger partial charge in [0.05, 0.1) is 30.3 Å². The summed E-state index contributed by atoms with van der Waals surface area (Å²) in [6, 6.07) is 4.55. The van der Waals surface area contributed by atoms with E-state index in [-0.39, 0.29) is 35.7 Å². The van der Waals surface area contributed by atoms with E-state index in [2.05, 4.69) is 10.4 Å². The number of carbonyl (C=O) groups is 2. The number of rotatable bonds is 7. The van der Waals surface area contributed by atoms with E-state index in [0.717, 1.165) is 4.68 Å². The topological polar surface area (TPSA) is 93.5 Å². The van der Waals surface area contributed by atoms with E-state index in [1.165, 1.54) is 26.0 Å². The van der Waals surface area contributed by atoms with Gasteiger partial charge in [0.15, 0.2) is 0 Å². The first-order valence-corrected chi connectivity index (χ1v) is 9.32. The number of benzene rings is 1. The summed E-state index contributed by atoms with van der Waals surface area (Å²) in [5.74, 6) is -2.14. The van der Waals surface area contributed by atoms with Crippen molar-refractivity contribution in [3.05, 3.63) is 40.7 Å². The molecule has 1 heterocycles. The molecule has 30 heavy (non-hydrogen) atoms. The fourth-order valence-electron chi connectivity index (χ4n) is 3.24. The first-order valence-electron chi connectivity index (χ1n) is 9.32. The highest BCUT2D eigenvalue weighted by Gasteiger charge is 2.32. The molecule has 0 radical (unpaired) electrons. The van der Waals surface area contributed by atoms with Gasteiger partial charge in [-0.15, -0.1) is 0 Å². The molecule has 1 aromatic carbocycles. The van der Waals surface area contributed by atoms with Gasteiger partial charge in [-0.3, -0.25) is 14.3 Å². The minimum absolute atomic E-state index is 0.0895. The summed E-state index contributed by atoms with van der Waals surface area (Å²) in [6.07, 6.45) is -4.60. The Balaban J connectivity index is 2.22. The largest absolute Gasteiger partial charge is 0.505 e. The van der Waals surface area contributed by atoms with Gasteiger partial charge >= 0.3 is 12.1 Å². The number of phenolic OH excluding ortho intramolecular Hbond substituents is 1. The third-order valence-electron chi connectivity index (χ3n) is 4.61. The Morgan fingerprint density at radius 1 is 1.30 bits per heavy atom. The number of nitrogens with zero attached hydrogens (tertiary/aromatic N) is 2. The van der Waals surface area contributed by atoms with Gasteiger partial charge in [0, 0.05) is 16.8 Å². The van der Waals surface area contributed by atoms with Crippen molar-refractivity contribution in [2.24, 2.45) is 0 Å². The van der Waals surface area contributed by atoms with Gasteiger partial charge in [-0.05, 0) is 33.8 Å². The summed E-state index contributed by atoms with van der Waals surface area (Å²) < 4.78 is 43.9. The lowest BCUT2D eigenvalue weighted by molar-refractivity contribution is -0.143. The number of halogens is 3. The molecule has 1 amide bonds. The number of nitrogens with one attached hydrogen (secondary N) is 1. The van der Waals surface area contributed by atoms with Crippen LogP contribution in [0, 0.1) is 13.8 Å². The molecule has 0 saturated heterocycles. The molecule has 0 bridgehead atoms. The number of ether oxygens (including phenoxy) is 1. The molecule has 2 aromatic rings. The summed E-state index contributed by atoms with van der Waals surface area (Å²) in [7, 11) is 0. The Morgan fingerprint density at radius 2 is 1.97 bits per heavy atom. The van der Waals surface area contributed by atoms with Crippen molar-refractivity contribution in [2.75, 3.05) is 11.9 Å². The molecule has 0 fully saturated rings. The molecule has 0 aliphatic carbocycles. The van der Waals surface area contributed by atoms with E-state index in [9.17, 15) is 27.9 Å². The van der Waals surface area contributed by atoms with Gasteiger partial charge in [-0.1, -0.05) is 12.1 Å². The van der Waals surface area contributed by atoms with Gasteiger partial charge < -0.3 is 15.2 Å². The van der Waals surface area contributed by atoms with Crippen molar-refractivity contribution in [2.45, 2.75) is 52.8 Å². The zero-order valence-electron chi connectivity index (χ0n) is 17.1. The predicted octanol–water partition coefficient (Wildman–Crippen LogP) is 3.62. The molecule has 2 N–H and O–H groups in total. The number of anilines is 1. The Bertz CT molecular complexity index is 938. The standard InChI is InChI=1S/C20H24F3N3O4/c1-5-30-16(27)9-14-7-6-8-15(18(14)28)24-19(29)11(2)17-12(3)25-26(13(17)4)10-20(21,22)23/h6-8,11,28H,5,9-10H2,1-4H3,(H,24,29). The van der Waals surface area contributed by atoms with Crippen molar-refractivity contribution in [3.63, 3.8) is 0 Å². The van der Waals surface area contributed by atoms with Crippen molar-refractivity contribution in [1.82, 2.24) is 9.78 Å². The van der Waals surface area contributed by atoms with E-state index >= 15 is 0 Å². The number of hydrogen-bond acceptors (Lipinski definition) is 5. The first kappa shape index (κ1) is 23.2. The summed E-state index contributed by atoms with van der Waals surface area (Å²) >= 11 is 0. The second kappa shape index (κ2) is 9.19. The number of aryl methyl sites for hydroxylation is 1. The molecule has 2 rings (SSSR count). The zero-order chi connectivity index (χ0) is 22.6. The molecule has 164 valence electrons. The van der Waals surface area contributed by atoms with Gasteiger partial charge in [-0.2, -0.15) is 18.3 Å². The van der Waals surface area contributed by atoms with Crippen LogP contribution in [0.15, 0.2) is 18.2 Å². The van der Waals surface area contributed by atoms with E-state index in [0.29, 0.717) is 11.3 Å². The van der Waals surface area contributed by atoms with Crippen LogP contribution >= 0.6 is 0 Å². The Hall–Kier alpha value is -3.04. The van der Waals surface area contributed by atoms with Crippen LogP contribution in [0.2, 0.25) is 0 Å². The first-order chi connectivity index (χ1) is 13.9. The van der Waals surface area contributed by atoms with Crippen LogP contribution in [0.3, 0.4) is 0 Å². The summed E-state index contributed by atoms with van der Waals surface area (Å²) in [6.45, 7) is 5.18. The highest BCUT2D eigenvalue weighted by molar-refractivity contribution is 5.97.